The second-order valence-electron chi connectivity index (χ2n) is 2.82. The fourth-order valence-corrected chi connectivity index (χ4v) is 1.39. The van der Waals surface area contributed by atoms with Crippen molar-refractivity contribution in [2.75, 3.05) is 5.84 Å². The van der Waals surface area contributed by atoms with Gasteiger partial charge in [0.15, 0.2) is 0 Å². The Labute approximate surface area is 73.0 Å². The summed E-state index contributed by atoms with van der Waals surface area (Å²) in [6, 6.07) is 4.40. The zero-order valence-corrected chi connectivity index (χ0v) is 6.99. The van der Waals surface area contributed by atoms with Crippen molar-refractivity contribution >= 4 is 11.0 Å². The molecule has 0 fully saturated rings. The summed E-state index contributed by atoms with van der Waals surface area (Å²) < 4.78 is 15.3. The van der Waals surface area contributed by atoms with Crippen LogP contribution in [0, 0.1) is 5.82 Å². The Kier molecular flexibility index (Phi) is 1.42. The van der Waals surface area contributed by atoms with E-state index in [-0.39, 0.29) is 5.52 Å². The van der Waals surface area contributed by atoms with Gasteiger partial charge in [0.2, 0.25) is 0 Å². The molecule has 0 aliphatic heterocycles. The Hall–Kier alpha value is -1.78. The molecule has 2 aromatic rings. The van der Waals surface area contributed by atoms with Crippen molar-refractivity contribution in [3.8, 4) is 0 Å². The molecule has 2 rings (SSSR count). The number of halogens is 1. The first-order chi connectivity index (χ1) is 6.13. The van der Waals surface area contributed by atoms with Crippen LogP contribution in [0.2, 0.25) is 0 Å². The lowest BCUT2D eigenvalue weighted by molar-refractivity contribution is 0.630. The molecule has 0 saturated carbocycles. The first kappa shape index (κ1) is 7.85. The number of benzene rings is 1. The molecule has 68 valence electrons. The highest BCUT2D eigenvalue weighted by Crippen LogP contribution is 2.13. The highest BCUT2D eigenvalue weighted by molar-refractivity contribution is 5.76. The standard InChI is InChI=1S/C8H8FN3O/c1-11-7-5(9)3-2-4-6(7)12(10)8(11)13/h2-4H,10H2,1H3. The van der Waals surface area contributed by atoms with Crippen molar-refractivity contribution in [3.05, 3.63) is 34.5 Å². The van der Waals surface area contributed by atoms with Crippen LogP contribution in [0.1, 0.15) is 0 Å². The summed E-state index contributed by atoms with van der Waals surface area (Å²) in [5.74, 6) is 4.98. The lowest BCUT2D eigenvalue weighted by Gasteiger charge is -1.94. The first-order valence-electron chi connectivity index (χ1n) is 3.74. The summed E-state index contributed by atoms with van der Waals surface area (Å²) in [6.07, 6.45) is 0. The van der Waals surface area contributed by atoms with Crippen LogP contribution in [0.3, 0.4) is 0 Å². The number of nitrogens with two attached hydrogens (primary N) is 1. The average Bonchev–Trinajstić information content (AvgIpc) is 2.33. The fourth-order valence-electron chi connectivity index (χ4n) is 1.39. The van der Waals surface area contributed by atoms with Gasteiger partial charge in [0.1, 0.15) is 11.3 Å². The van der Waals surface area contributed by atoms with Crippen LogP contribution >= 0.6 is 0 Å². The highest BCUT2D eigenvalue weighted by atomic mass is 19.1. The molecule has 13 heavy (non-hydrogen) atoms. The van der Waals surface area contributed by atoms with Crippen LogP contribution < -0.4 is 11.5 Å². The smallest absolute Gasteiger partial charge is 0.335 e. The molecule has 0 aliphatic carbocycles. The third-order valence-electron chi connectivity index (χ3n) is 2.05. The SMILES string of the molecule is Cn1c(=O)n(N)c2cccc(F)c21. The average molecular weight is 181 g/mol. The van der Waals surface area contributed by atoms with Crippen LogP contribution in [0.25, 0.3) is 11.0 Å². The maximum absolute atomic E-state index is 13.2. The van der Waals surface area contributed by atoms with Crippen LogP contribution in [-0.4, -0.2) is 9.24 Å². The van der Waals surface area contributed by atoms with E-state index in [4.69, 9.17) is 5.84 Å². The lowest BCUT2D eigenvalue weighted by Crippen LogP contribution is -2.27. The zero-order chi connectivity index (χ0) is 9.59. The monoisotopic (exact) mass is 181 g/mol. The van der Waals surface area contributed by atoms with Crippen molar-refractivity contribution in [2.24, 2.45) is 7.05 Å². The van der Waals surface area contributed by atoms with Crippen molar-refractivity contribution in [3.63, 3.8) is 0 Å². The molecule has 0 radical (unpaired) electrons. The molecule has 5 heteroatoms. The van der Waals surface area contributed by atoms with Gasteiger partial charge in [-0.1, -0.05) is 6.07 Å². The van der Waals surface area contributed by atoms with E-state index in [1.165, 1.54) is 23.7 Å². The summed E-state index contributed by atoms with van der Waals surface area (Å²) in [5, 5.41) is 0. The minimum Gasteiger partial charge on any atom is -0.335 e. The van der Waals surface area contributed by atoms with Crippen LogP contribution in [-0.2, 0) is 7.05 Å². The third-order valence-corrected chi connectivity index (χ3v) is 2.05. The number of rotatable bonds is 0. The first-order valence-corrected chi connectivity index (χ1v) is 3.74. The number of aromatic nitrogens is 2. The van der Waals surface area contributed by atoms with Crippen molar-refractivity contribution in [1.82, 2.24) is 9.24 Å². The molecule has 0 spiro atoms. The predicted octanol–water partition coefficient (Wildman–Crippen LogP) is 0.193. The van der Waals surface area contributed by atoms with E-state index in [1.54, 1.807) is 6.07 Å². The second kappa shape index (κ2) is 2.35. The molecule has 0 aliphatic rings. The molecule has 2 N–H and O–H groups in total. The lowest BCUT2D eigenvalue weighted by atomic mass is 10.3. The summed E-state index contributed by atoms with van der Waals surface area (Å²) in [6.45, 7) is 0. The predicted molar refractivity (Wildman–Crippen MR) is 47.3 cm³/mol. The number of hydrogen-bond donors (Lipinski definition) is 1. The highest BCUT2D eigenvalue weighted by Gasteiger charge is 2.10. The minimum atomic E-state index is -0.443. The molecule has 0 unspecified atom stereocenters. The molecule has 0 saturated heterocycles. The second-order valence-corrected chi connectivity index (χ2v) is 2.82. The summed E-state index contributed by atoms with van der Waals surface area (Å²) in [7, 11) is 1.48. The maximum Gasteiger partial charge on any atom is 0.347 e. The summed E-state index contributed by atoms with van der Waals surface area (Å²) >= 11 is 0. The van der Waals surface area contributed by atoms with Gasteiger partial charge in [0.25, 0.3) is 0 Å². The fraction of sp³-hybridized carbons (Fsp3) is 0.125. The van der Waals surface area contributed by atoms with E-state index >= 15 is 0 Å². The minimum absolute atomic E-state index is 0.231. The van der Waals surface area contributed by atoms with Gasteiger partial charge in [-0.3, -0.25) is 4.57 Å². The number of para-hydroxylation sites is 1. The molecule has 1 heterocycles. The van der Waals surface area contributed by atoms with Gasteiger partial charge in [-0.2, -0.15) is 0 Å². The van der Waals surface area contributed by atoms with E-state index in [1.807, 2.05) is 0 Å². The van der Waals surface area contributed by atoms with Gasteiger partial charge in [-0.05, 0) is 12.1 Å². The Morgan fingerprint density at radius 1 is 1.46 bits per heavy atom. The molecular formula is C8H8FN3O. The van der Waals surface area contributed by atoms with Crippen LogP contribution in [0.5, 0.6) is 0 Å². The van der Waals surface area contributed by atoms with E-state index in [2.05, 4.69) is 0 Å². The van der Waals surface area contributed by atoms with E-state index in [9.17, 15) is 9.18 Å². The molecule has 0 atom stereocenters. The van der Waals surface area contributed by atoms with E-state index in [0.717, 1.165) is 4.68 Å². The Morgan fingerprint density at radius 2 is 2.15 bits per heavy atom. The Morgan fingerprint density at radius 3 is 2.77 bits per heavy atom. The molecule has 4 nitrogen and oxygen atoms in total. The van der Waals surface area contributed by atoms with Crippen LogP contribution in [0.4, 0.5) is 4.39 Å². The van der Waals surface area contributed by atoms with Gasteiger partial charge >= 0.3 is 5.69 Å². The van der Waals surface area contributed by atoms with E-state index < -0.39 is 11.5 Å². The molecule has 1 aromatic carbocycles. The van der Waals surface area contributed by atoms with Crippen molar-refractivity contribution < 1.29 is 4.39 Å². The topological polar surface area (TPSA) is 53.0 Å². The number of aryl methyl sites for hydroxylation is 1. The quantitative estimate of drug-likeness (QED) is 0.590. The van der Waals surface area contributed by atoms with Gasteiger partial charge in [-0.15, -0.1) is 0 Å². The van der Waals surface area contributed by atoms with Crippen molar-refractivity contribution in [2.45, 2.75) is 0 Å². The number of fused-ring (bicyclic) bond motifs is 1. The zero-order valence-electron chi connectivity index (χ0n) is 6.99. The summed E-state index contributed by atoms with van der Waals surface area (Å²) in [5.41, 5.74) is 0.197. The molecular weight excluding hydrogens is 173 g/mol. The Bertz CT molecular complexity index is 526. The molecule has 0 bridgehead atoms. The number of nitrogen functional groups attached to an aromatic ring is 1. The third kappa shape index (κ3) is 0.867. The summed E-state index contributed by atoms with van der Waals surface area (Å²) in [4.78, 5) is 11.3. The van der Waals surface area contributed by atoms with Gasteiger partial charge in [0, 0.05) is 7.05 Å². The maximum atomic E-state index is 13.2. The van der Waals surface area contributed by atoms with E-state index in [0.29, 0.717) is 5.52 Å². The van der Waals surface area contributed by atoms with Gasteiger partial charge < -0.3 is 5.84 Å². The number of nitrogens with zero attached hydrogens (tertiary/aromatic N) is 2. The molecule has 1 aromatic heterocycles. The van der Waals surface area contributed by atoms with Crippen LogP contribution in [0.15, 0.2) is 23.0 Å². The number of hydrogen-bond acceptors (Lipinski definition) is 2. The number of imidazole rings is 1. The largest absolute Gasteiger partial charge is 0.347 e. The molecule has 0 amide bonds. The normalized spacial score (nSPS) is 10.9. The van der Waals surface area contributed by atoms with Gasteiger partial charge in [0.05, 0.1) is 5.52 Å². The van der Waals surface area contributed by atoms with Crippen molar-refractivity contribution in [1.29, 1.82) is 0 Å². The van der Waals surface area contributed by atoms with Gasteiger partial charge in [-0.25, -0.2) is 13.9 Å². The Balaban J connectivity index is 3.12.